The van der Waals surface area contributed by atoms with E-state index >= 15 is 0 Å². The first-order valence-electron chi connectivity index (χ1n) is 9.95. The molecule has 1 heterocycles. The van der Waals surface area contributed by atoms with Crippen molar-refractivity contribution in [3.8, 4) is 5.75 Å². The lowest BCUT2D eigenvalue weighted by molar-refractivity contribution is -0.139. The number of benzene rings is 2. The number of aliphatic carboxylic acids is 1. The van der Waals surface area contributed by atoms with Crippen LogP contribution < -0.4 is 16.0 Å². The largest absolute Gasteiger partial charge is 0.508 e. The Morgan fingerprint density at radius 3 is 2.38 bits per heavy atom. The van der Waals surface area contributed by atoms with Gasteiger partial charge in [-0.1, -0.05) is 29.8 Å². The number of carbonyl (C=O) groups excluding carboxylic acids is 3. The highest BCUT2D eigenvalue weighted by molar-refractivity contribution is 7.12. The maximum Gasteiger partial charge on any atom is 0.328 e. The lowest BCUT2D eigenvalue weighted by atomic mass is 10.1. The van der Waals surface area contributed by atoms with Crippen LogP contribution in [0.4, 0.5) is 0 Å². The molecular formula is C23H20ClN3O6S. The van der Waals surface area contributed by atoms with E-state index in [1.807, 2.05) is 0 Å². The monoisotopic (exact) mass is 501 g/mol. The second-order valence-electron chi connectivity index (χ2n) is 7.10. The van der Waals surface area contributed by atoms with Crippen molar-refractivity contribution in [3.63, 3.8) is 0 Å². The smallest absolute Gasteiger partial charge is 0.328 e. The van der Waals surface area contributed by atoms with Gasteiger partial charge in [0.2, 0.25) is 0 Å². The quantitative estimate of drug-likeness (QED) is 0.305. The molecule has 0 bridgehead atoms. The molecule has 34 heavy (non-hydrogen) atoms. The molecule has 0 aliphatic heterocycles. The van der Waals surface area contributed by atoms with Gasteiger partial charge in [-0.25, -0.2) is 4.79 Å². The van der Waals surface area contributed by atoms with Crippen LogP contribution in [0.1, 0.15) is 36.0 Å². The molecule has 0 fully saturated rings. The minimum atomic E-state index is -1.39. The molecule has 9 nitrogen and oxygen atoms in total. The highest BCUT2D eigenvalue weighted by atomic mass is 35.5. The average Bonchev–Trinajstić information content (AvgIpc) is 3.34. The van der Waals surface area contributed by atoms with Gasteiger partial charge in [0.15, 0.2) is 0 Å². The van der Waals surface area contributed by atoms with Gasteiger partial charge in [0.05, 0.1) is 15.5 Å². The van der Waals surface area contributed by atoms with Crippen LogP contribution in [0.5, 0.6) is 5.75 Å². The Balaban J connectivity index is 1.60. The third-order valence-corrected chi connectivity index (χ3v) is 5.84. The fourth-order valence-electron chi connectivity index (χ4n) is 2.92. The van der Waals surface area contributed by atoms with E-state index < -0.39 is 29.7 Å². The minimum Gasteiger partial charge on any atom is -0.508 e. The molecule has 176 valence electrons. The van der Waals surface area contributed by atoms with Gasteiger partial charge in [0.25, 0.3) is 17.7 Å². The van der Waals surface area contributed by atoms with Crippen molar-refractivity contribution in [2.45, 2.75) is 12.6 Å². The minimum absolute atomic E-state index is 0.0259. The molecule has 1 aromatic heterocycles. The van der Waals surface area contributed by atoms with E-state index in [9.17, 15) is 29.4 Å². The number of phenols is 1. The van der Waals surface area contributed by atoms with Gasteiger partial charge >= 0.3 is 5.97 Å². The normalized spacial score (nSPS) is 11.3. The van der Waals surface area contributed by atoms with E-state index in [0.717, 1.165) is 0 Å². The van der Waals surface area contributed by atoms with Crippen LogP contribution in [-0.4, -0.2) is 46.5 Å². The van der Waals surface area contributed by atoms with Crippen molar-refractivity contribution in [2.75, 3.05) is 6.54 Å². The van der Waals surface area contributed by atoms with Crippen LogP contribution in [0, 0.1) is 0 Å². The first-order valence-corrected chi connectivity index (χ1v) is 11.2. The van der Waals surface area contributed by atoms with Gasteiger partial charge in [0.1, 0.15) is 11.8 Å². The highest BCUT2D eigenvalue weighted by Crippen LogP contribution is 2.19. The first kappa shape index (κ1) is 24.7. The molecule has 3 rings (SSSR count). The Hall–Kier alpha value is -3.89. The molecule has 0 saturated heterocycles. The summed E-state index contributed by atoms with van der Waals surface area (Å²) in [6.07, 6.45) is 0. The van der Waals surface area contributed by atoms with E-state index in [1.54, 1.807) is 29.6 Å². The molecule has 3 aromatic rings. The molecule has 0 aliphatic carbocycles. The predicted molar refractivity (Wildman–Crippen MR) is 126 cm³/mol. The van der Waals surface area contributed by atoms with Gasteiger partial charge in [0, 0.05) is 18.7 Å². The van der Waals surface area contributed by atoms with E-state index in [-0.39, 0.29) is 35.0 Å². The maximum absolute atomic E-state index is 12.6. The standard InChI is InChI=1S/C23H20ClN3O6S/c24-17-10-14(20(29)25-11-13-3-1-4-15(28)9-13)6-7-16(17)21(30)27-18(23(32)33)12-26-22(31)19-5-2-8-34-19/h1-10,18,28H,11-12H2,(H,25,29)(H,26,31)(H,27,30)(H,32,33). The van der Waals surface area contributed by atoms with Crippen LogP contribution in [0.15, 0.2) is 60.0 Å². The zero-order valence-electron chi connectivity index (χ0n) is 17.6. The average molecular weight is 502 g/mol. The summed E-state index contributed by atoms with van der Waals surface area (Å²) in [5, 5.41) is 28.0. The third-order valence-electron chi connectivity index (χ3n) is 4.65. The number of halogens is 1. The number of rotatable bonds is 9. The Morgan fingerprint density at radius 1 is 0.941 bits per heavy atom. The molecule has 0 spiro atoms. The number of amides is 3. The van der Waals surface area contributed by atoms with E-state index in [4.69, 9.17) is 11.6 Å². The molecule has 11 heteroatoms. The second-order valence-corrected chi connectivity index (χ2v) is 8.45. The van der Waals surface area contributed by atoms with E-state index in [0.29, 0.717) is 10.4 Å². The maximum atomic E-state index is 12.6. The summed E-state index contributed by atoms with van der Waals surface area (Å²) in [7, 11) is 0. The van der Waals surface area contributed by atoms with E-state index in [2.05, 4.69) is 16.0 Å². The fraction of sp³-hybridized carbons (Fsp3) is 0.130. The lowest BCUT2D eigenvalue weighted by Crippen LogP contribution is -2.48. The first-order chi connectivity index (χ1) is 16.2. The van der Waals surface area contributed by atoms with Crippen molar-refractivity contribution >= 4 is 46.6 Å². The third kappa shape index (κ3) is 6.56. The highest BCUT2D eigenvalue weighted by Gasteiger charge is 2.23. The number of hydrogen-bond acceptors (Lipinski definition) is 6. The summed E-state index contributed by atoms with van der Waals surface area (Å²) in [6.45, 7) is -0.157. The van der Waals surface area contributed by atoms with Gasteiger partial charge < -0.3 is 26.2 Å². The topological polar surface area (TPSA) is 145 Å². The Labute approximate surface area is 203 Å². The molecule has 3 amide bonds. The zero-order valence-corrected chi connectivity index (χ0v) is 19.2. The number of thiophene rings is 1. The summed E-state index contributed by atoms with van der Waals surface area (Å²) in [5.41, 5.74) is 0.864. The molecule has 0 aliphatic rings. The summed E-state index contributed by atoms with van der Waals surface area (Å²) >= 11 is 7.38. The molecular weight excluding hydrogens is 482 g/mol. The fourth-order valence-corrected chi connectivity index (χ4v) is 3.82. The van der Waals surface area contributed by atoms with Crippen LogP contribution in [0.3, 0.4) is 0 Å². The Bertz CT molecular complexity index is 1220. The van der Waals surface area contributed by atoms with Gasteiger partial charge in [-0.15, -0.1) is 11.3 Å². The molecule has 0 radical (unpaired) electrons. The Kier molecular flexibility index (Phi) is 8.23. The van der Waals surface area contributed by atoms with Crippen molar-refractivity contribution in [1.82, 2.24) is 16.0 Å². The van der Waals surface area contributed by atoms with Gasteiger partial charge in [-0.3, -0.25) is 14.4 Å². The predicted octanol–water partition coefficient (Wildman–Crippen LogP) is 2.65. The number of aromatic hydroxyl groups is 1. The van der Waals surface area contributed by atoms with Crippen molar-refractivity contribution in [1.29, 1.82) is 0 Å². The van der Waals surface area contributed by atoms with Crippen molar-refractivity contribution < 1.29 is 29.4 Å². The Morgan fingerprint density at radius 2 is 1.74 bits per heavy atom. The van der Waals surface area contributed by atoms with Crippen molar-refractivity contribution in [2.24, 2.45) is 0 Å². The molecule has 1 unspecified atom stereocenters. The van der Waals surface area contributed by atoms with Crippen LogP contribution >= 0.6 is 22.9 Å². The SMILES string of the molecule is O=C(NCc1cccc(O)c1)c1ccc(C(=O)NC(CNC(=O)c2cccs2)C(=O)O)c(Cl)c1. The number of nitrogens with one attached hydrogen (secondary N) is 3. The van der Waals surface area contributed by atoms with Crippen LogP contribution in [0.2, 0.25) is 5.02 Å². The summed E-state index contributed by atoms with van der Waals surface area (Å²) in [6, 6.07) is 12.3. The number of phenolic OH excluding ortho intramolecular Hbond substituents is 1. The number of carbonyl (C=O) groups is 4. The second kappa shape index (κ2) is 11.3. The zero-order chi connectivity index (χ0) is 24.7. The molecule has 2 aromatic carbocycles. The summed E-state index contributed by atoms with van der Waals surface area (Å²) in [4.78, 5) is 49.0. The van der Waals surface area contributed by atoms with Gasteiger partial charge in [-0.2, -0.15) is 0 Å². The lowest BCUT2D eigenvalue weighted by Gasteiger charge is -2.16. The molecule has 0 saturated carbocycles. The van der Waals surface area contributed by atoms with E-state index in [1.165, 1.54) is 41.7 Å². The number of carboxylic acid groups (broad SMARTS) is 1. The summed E-state index contributed by atoms with van der Waals surface area (Å²) in [5.74, 6) is -2.92. The van der Waals surface area contributed by atoms with Crippen molar-refractivity contribution in [3.05, 3.63) is 86.6 Å². The molecule has 5 N–H and O–H groups in total. The van der Waals surface area contributed by atoms with Crippen LogP contribution in [0.25, 0.3) is 0 Å². The number of hydrogen-bond donors (Lipinski definition) is 5. The number of carboxylic acids is 1. The molecule has 1 atom stereocenters. The van der Waals surface area contributed by atoms with Crippen LogP contribution in [-0.2, 0) is 11.3 Å². The van der Waals surface area contributed by atoms with Gasteiger partial charge in [-0.05, 0) is 47.3 Å². The summed E-state index contributed by atoms with van der Waals surface area (Å²) < 4.78 is 0.